The molecule has 0 aliphatic rings. The molecule has 1 nitrogen and oxygen atoms in total. The van der Waals surface area contributed by atoms with Crippen molar-refractivity contribution in [3.05, 3.63) is 60.7 Å². The average Bonchev–Trinajstić information content (AvgIpc) is 2.34. The molecule has 0 aromatic heterocycles. The normalized spacial score (nSPS) is 8.13. The second kappa shape index (κ2) is 8.74. The van der Waals surface area contributed by atoms with E-state index >= 15 is 0 Å². The zero-order valence-corrected chi connectivity index (χ0v) is 12.6. The van der Waals surface area contributed by atoms with Gasteiger partial charge in [0, 0.05) is 19.5 Å². The third kappa shape index (κ3) is 4.66. The summed E-state index contributed by atoms with van der Waals surface area (Å²) in [6.07, 6.45) is 0. The van der Waals surface area contributed by atoms with Crippen LogP contribution in [0.1, 0.15) is 0 Å². The molecule has 1 N–H and O–H groups in total. The van der Waals surface area contributed by atoms with Crippen molar-refractivity contribution in [2.75, 3.05) is 0 Å². The minimum Gasteiger partial charge on any atom is -0.380 e. The van der Waals surface area contributed by atoms with Crippen LogP contribution in [0.25, 0.3) is 11.1 Å². The van der Waals surface area contributed by atoms with Crippen molar-refractivity contribution in [2.45, 2.75) is 0 Å². The zero-order valence-electron chi connectivity index (χ0n) is 8.51. The van der Waals surface area contributed by atoms with E-state index in [1.165, 1.54) is 20.6 Å². The van der Waals surface area contributed by atoms with Crippen molar-refractivity contribution >= 4 is 9.47 Å². The number of hydrogen-bond donors (Lipinski definition) is 1. The SMILES string of the molecule is OP.[Zn].c1ccc(-c2ccccc2)cc1. The molecule has 2 rings (SSSR count). The molecule has 2 aromatic rings. The van der Waals surface area contributed by atoms with E-state index in [0.717, 1.165) is 0 Å². The van der Waals surface area contributed by atoms with Crippen LogP contribution in [0.3, 0.4) is 0 Å². The molecule has 0 radical (unpaired) electrons. The summed E-state index contributed by atoms with van der Waals surface area (Å²) in [5, 5.41) is 0. The Morgan fingerprint density at radius 1 is 0.600 bits per heavy atom. The Hall–Kier alpha value is -0.547. The van der Waals surface area contributed by atoms with E-state index < -0.39 is 0 Å². The maximum Gasteiger partial charge on any atom is 0 e. The predicted molar refractivity (Wildman–Crippen MR) is 63.8 cm³/mol. The van der Waals surface area contributed by atoms with E-state index in [1.807, 2.05) is 12.1 Å². The first-order valence-corrected chi connectivity index (χ1v) is 4.85. The largest absolute Gasteiger partial charge is 0.380 e. The minimum absolute atomic E-state index is 0. The summed E-state index contributed by atoms with van der Waals surface area (Å²) in [5.41, 5.74) is 2.55. The molecule has 2 aromatic carbocycles. The quantitative estimate of drug-likeness (QED) is 0.623. The van der Waals surface area contributed by atoms with Crippen molar-refractivity contribution in [1.82, 2.24) is 0 Å². The van der Waals surface area contributed by atoms with Gasteiger partial charge in [-0.2, -0.15) is 0 Å². The Morgan fingerprint density at radius 3 is 1.13 bits per heavy atom. The van der Waals surface area contributed by atoms with Gasteiger partial charge in [-0.25, -0.2) is 0 Å². The van der Waals surface area contributed by atoms with Crippen LogP contribution in [-0.2, 0) is 19.5 Å². The van der Waals surface area contributed by atoms with Gasteiger partial charge < -0.3 is 4.89 Å². The van der Waals surface area contributed by atoms with Crippen LogP contribution in [0.15, 0.2) is 60.7 Å². The van der Waals surface area contributed by atoms with Crippen molar-refractivity contribution in [3.63, 3.8) is 0 Å². The van der Waals surface area contributed by atoms with Crippen LogP contribution in [-0.4, -0.2) is 4.89 Å². The van der Waals surface area contributed by atoms with E-state index in [-0.39, 0.29) is 19.5 Å². The summed E-state index contributed by atoms with van der Waals surface area (Å²) in [6, 6.07) is 20.8. The number of rotatable bonds is 1. The van der Waals surface area contributed by atoms with Gasteiger partial charge in [0.2, 0.25) is 0 Å². The Balaban J connectivity index is 0.000000617. The summed E-state index contributed by atoms with van der Waals surface area (Å²) >= 11 is 0. The molecule has 0 amide bonds. The van der Waals surface area contributed by atoms with Crippen LogP contribution in [0.4, 0.5) is 0 Å². The van der Waals surface area contributed by atoms with Gasteiger partial charge in [0.05, 0.1) is 0 Å². The zero-order chi connectivity index (χ0) is 10.2. The van der Waals surface area contributed by atoms with Crippen LogP contribution < -0.4 is 0 Å². The molecular weight excluding hydrogens is 256 g/mol. The van der Waals surface area contributed by atoms with E-state index in [0.29, 0.717) is 0 Å². The first-order valence-electron chi connectivity index (χ1n) is 4.33. The fourth-order valence-corrected chi connectivity index (χ4v) is 1.26. The van der Waals surface area contributed by atoms with Gasteiger partial charge in [-0.15, -0.1) is 0 Å². The summed E-state index contributed by atoms with van der Waals surface area (Å²) < 4.78 is 0. The molecule has 3 heteroatoms. The molecule has 0 saturated heterocycles. The van der Waals surface area contributed by atoms with Gasteiger partial charge in [-0.1, -0.05) is 60.7 Å². The van der Waals surface area contributed by atoms with Gasteiger partial charge in [-0.3, -0.25) is 0 Å². The molecule has 74 valence electrons. The predicted octanol–water partition coefficient (Wildman–Crippen LogP) is 3.12. The van der Waals surface area contributed by atoms with Crippen molar-refractivity contribution in [3.8, 4) is 11.1 Å². The van der Waals surface area contributed by atoms with Crippen LogP contribution in [0.5, 0.6) is 0 Å². The first-order chi connectivity index (χ1) is 6.97. The molecule has 0 saturated carbocycles. The minimum atomic E-state index is 0. The molecule has 0 fully saturated rings. The van der Waals surface area contributed by atoms with Crippen molar-refractivity contribution in [2.24, 2.45) is 0 Å². The molecule has 0 spiro atoms. The molecule has 0 bridgehead atoms. The van der Waals surface area contributed by atoms with Gasteiger partial charge in [0.15, 0.2) is 0 Å². The number of benzene rings is 2. The van der Waals surface area contributed by atoms with E-state index in [9.17, 15) is 0 Å². The second-order valence-corrected chi connectivity index (χ2v) is 2.73. The molecule has 0 aliphatic heterocycles. The Kier molecular flexibility index (Phi) is 8.42. The van der Waals surface area contributed by atoms with Crippen LogP contribution >= 0.6 is 9.47 Å². The van der Waals surface area contributed by atoms with E-state index in [4.69, 9.17) is 4.89 Å². The van der Waals surface area contributed by atoms with Crippen molar-refractivity contribution in [1.29, 1.82) is 0 Å². The second-order valence-electron chi connectivity index (χ2n) is 2.73. The fraction of sp³-hybridized carbons (Fsp3) is 0. The molecule has 1 unspecified atom stereocenters. The summed E-state index contributed by atoms with van der Waals surface area (Å²) in [7, 11) is 1.42. The molecule has 1 atom stereocenters. The van der Waals surface area contributed by atoms with Gasteiger partial charge >= 0.3 is 0 Å². The molecule has 0 aliphatic carbocycles. The third-order valence-corrected chi connectivity index (χ3v) is 1.88. The van der Waals surface area contributed by atoms with Crippen LogP contribution in [0, 0.1) is 0 Å². The topological polar surface area (TPSA) is 20.2 Å². The summed E-state index contributed by atoms with van der Waals surface area (Å²) in [6.45, 7) is 0. The Morgan fingerprint density at radius 2 is 0.867 bits per heavy atom. The molecule has 15 heavy (non-hydrogen) atoms. The molecule has 0 heterocycles. The average molecular weight is 270 g/mol. The first kappa shape index (κ1) is 14.5. The maximum absolute atomic E-state index is 6.92. The van der Waals surface area contributed by atoms with Crippen LogP contribution in [0.2, 0.25) is 0 Å². The summed E-state index contributed by atoms with van der Waals surface area (Å²) in [5.74, 6) is 0. The van der Waals surface area contributed by atoms with E-state index in [2.05, 4.69) is 48.5 Å². The van der Waals surface area contributed by atoms with Gasteiger partial charge in [0.1, 0.15) is 0 Å². The molecular formula is C12H13OPZn. The van der Waals surface area contributed by atoms with Gasteiger partial charge in [0.25, 0.3) is 0 Å². The fourth-order valence-electron chi connectivity index (χ4n) is 1.26. The third-order valence-electron chi connectivity index (χ3n) is 1.88. The number of hydrogen-bond acceptors (Lipinski definition) is 1. The Labute approximate surface area is 106 Å². The smallest absolute Gasteiger partial charge is 0 e. The summed E-state index contributed by atoms with van der Waals surface area (Å²) in [4.78, 5) is 6.92. The Bertz CT molecular complexity index is 313. The van der Waals surface area contributed by atoms with Crippen molar-refractivity contribution < 1.29 is 24.4 Å². The standard InChI is InChI=1S/C12H10.H3OP.Zn/c1-3-7-11(8-4-1)12-9-5-2-6-10-12;1-2;/h1-10H;1H,2H2;. The monoisotopic (exact) mass is 268 g/mol. The van der Waals surface area contributed by atoms with Gasteiger partial charge in [-0.05, 0) is 20.6 Å². The maximum atomic E-state index is 6.92. The van der Waals surface area contributed by atoms with E-state index in [1.54, 1.807) is 0 Å².